The molecule has 2 aliphatic heterocycles. The molecule has 0 atom stereocenters. The highest BCUT2D eigenvalue weighted by Crippen LogP contribution is 2.29. The Morgan fingerprint density at radius 1 is 0.821 bits per heavy atom. The topological polar surface area (TPSA) is 88.0 Å². The number of benzene rings is 2. The quantitative estimate of drug-likeness (QED) is 0.273. The highest BCUT2D eigenvalue weighted by atomic mass is 19.1. The first-order valence-electron chi connectivity index (χ1n) is 13.9. The highest BCUT2D eigenvalue weighted by molar-refractivity contribution is 5.81. The Hall–Kier alpha value is -3.95. The molecule has 0 radical (unpaired) electrons. The van der Waals surface area contributed by atoms with Crippen LogP contribution in [0.25, 0.3) is 0 Å². The second kappa shape index (κ2) is 13.2. The number of ether oxygens (including phenoxy) is 2. The molecule has 39 heavy (non-hydrogen) atoms. The van der Waals surface area contributed by atoms with Crippen LogP contribution in [0.15, 0.2) is 47.6 Å². The molecule has 2 saturated heterocycles. The SMILES string of the molecule is CCOc1cc(/C=N/Nc2nc(N3CCCCC3)nc(N3CCCCC3)n2)ccc1OCc1ccc(F)cc1. The van der Waals surface area contributed by atoms with Crippen LogP contribution in [0, 0.1) is 5.82 Å². The Labute approximate surface area is 229 Å². The van der Waals surface area contributed by atoms with Crippen LogP contribution in [-0.2, 0) is 6.61 Å². The minimum Gasteiger partial charge on any atom is -0.490 e. The van der Waals surface area contributed by atoms with Crippen LogP contribution in [0.1, 0.15) is 56.6 Å². The average molecular weight is 534 g/mol. The molecule has 1 N–H and O–H groups in total. The second-order valence-electron chi connectivity index (χ2n) is 9.78. The lowest BCUT2D eigenvalue weighted by atomic mass is 10.1. The Morgan fingerprint density at radius 2 is 1.46 bits per heavy atom. The van der Waals surface area contributed by atoms with Crippen LogP contribution >= 0.6 is 0 Å². The number of piperidine rings is 2. The van der Waals surface area contributed by atoms with Gasteiger partial charge in [-0.3, -0.25) is 0 Å². The van der Waals surface area contributed by atoms with E-state index in [4.69, 9.17) is 14.5 Å². The van der Waals surface area contributed by atoms with Crippen molar-refractivity contribution in [2.45, 2.75) is 52.1 Å². The van der Waals surface area contributed by atoms with Crippen molar-refractivity contribution < 1.29 is 13.9 Å². The lowest BCUT2D eigenvalue weighted by molar-refractivity contribution is 0.269. The van der Waals surface area contributed by atoms with E-state index < -0.39 is 0 Å². The van der Waals surface area contributed by atoms with E-state index in [1.165, 1.54) is 25.0 Å². The van der Waals surface area contributed by atoms with Crippen molar-refractivity contribution in [3.63, 3.8) is 0 Å². The van der Waals surface area contributed by atoms with Crippen molar-refractivity contribution in [3.8, 4) is 11.5 Å². The molecule has 5 rings (SSSR count). The van der Waals surface area contributed by atoms with Gasteiger partial charge < -0.3 is 19.3 Å². The third-order valence-corrected chi connectivity index (χ3v) is 6.84. The van der Waals surface area contributed by atoms with E-state index in [0.29, 0.717) is 42.6 Å². The second-order valence-corrected chi connectivity index (χ2v) is 9.78. The van der Waals surface area contributed by atoms with Crippen molar-refractivity contribution in [2.24, 2.45) is 5.10 Å². The number of halogens is 1. The van der Waals surface area contributed by atoms with Gasteiger partial charge >= 0.3 is 0 Å². The Balaban J connectivity index is 1.29. The first-order valence-corrected chi connectivity index (χ1v) is 13.9. The summed E-state index contributed by atoms with van der Waals surface area (Å²) < 4.78 is 24.9. The number of nitrogens with zero attached hydrogens (tertiary/aromatic N) is 6. The Bertz CT molecular complexity index is 1210. The minimum atomic E-state index is -0.270. The average Bonchev–Trinajstić information content (AvgIpc) is 2.98. The van der Waals surface area contributed by atoms with Crippen molar-refractivity contribution in [3.05, 3.63) is 59.4 Å². The zero-order valence-electron chi connectivity index (χ0n) is 22.5. The number of rotatable bonds is 10. The van der Waals surface area contributed by atoms with E-state index in [-0.39, 0.29) is 5.82 Å². The molecule has 2 fully saturated rings. The monoisotopic (exact) mass is 533 g/mol. The fourth-order valence-corrected chi connectivity index (χ4v) is 4.77. The molecule has 3 aromatic rings. The molecule has 0 bridgehead atoms. The third-order valence-electron chi connectivity index (χ3n) is 6.84. The van der Waals surface area contributed by atoms with Crippen LogP contribution in [0.5, 0.6) is 11.5 Å². The fourth-order valence-electron chi connectivity index (χ4n) is 4.77. The zero-order valence-corrected chi connectivity index (χ0v) is 22.5. The maximum atomic E-state index is 13.2. The smallest absolute Gasteiger partial charge is 0.250 e. The molecular weight excluding hydrogens is 497 g/mol. The van der Waals surface area contributed by atoms with Gasteiger partial charge in [0.25, 0.3) is 0 Å². The normalized spacial score (nSPS) is 15.9. The van der Waals surface area contributed by atoms with E-state index in [0.717, 1.165) is 63.0 Å². The molecule has 206 valence electrons. The number of hydrogen-bond donors (Lipinski definition) is 1. The largest absolute Gasteiger partial charge is 0.490 e. The van der Waals surface area contributed by atoms with Gasteiger partial charge in [-0.05, 0) is 86.9 Å². The van der Waals surface area contributed by atoms with Crippen molar-refractivity contribution >= 4 is 24.1 Å². The van der Waals surface area contributed by atoms with Crippen LogP contribution < -0.4 is 24.7 Å². The fraction of sp³-hybridized carbons (Fsp3) is 0.448. The van der Waals surface area contributed by atoms with Gasteiger partial charge in [-0.25, -0.2) is 9.82 Å². The molecule has 9 nitrogen and oxygen atoms in total. The number of hydrazone groups is 1. The van der Waals surface area contributed by atoms with Gasteiger partial charge in [0, 0.05) is 26.2 Å². The van der Waals surface area contributed by atoms with Crippen LogP contribution in [0.2, 0.25) is 0 Å². The number of aromatic nitrogens is 3. The summed E-state index contributed by atoms with van der Waals surface area (Å²) in [6.45, 7) is 6.57. The number of hydrogen-bond acceptors (Lipinski definition) is 9. The lowest BCUT2D eigenvalue weighted by Gasteiger charge is -2.30. The van der Waals surface area contributed by atoms with Gasteiger partial charge in [0.1, 0.15) is 12.4 Å². The maximum absolute atomic E-state index is 13.2. The molecule has 10 heteroatoms. The molecule has 0 unspecified atom stereocenters. The van der Waals surface area contributed by atoms with E-state index in [1.54, 1.807) is 18.3 Å². The van der Waals surface area contributed by atoms with Gasteiger partial charge in [0.05, 0.1) is 12.8 Å². The molecule has 0 aliphatic carbocycles. The van der Waals surface area contributed by atoms with Crippen molar-refractivity contribution in [1.29, 1.82) is 0 Å². The van der Waals surface area contributed by atoms with Gasteiger partial charge in [-0.2, -0.15) is 20.1 Å². The van der Waals surface area contributed by atoms with Crippen LogP contribution in [-0.4, -0.2) is 54.0 Å². The molecule has 0 saturated carbocycles. The Kier molecular flexibility index (Phi) is 9.03. The van der Waals surface area contributed by atoms with Crippen molar-refractivity contribution in [2.75, 3.05) is 48.0 Å². The van der Waals surface area contributed by atoms with Crippen LogP contribution in [0.3, 0.4) is 0 Å². The van der Waals surface area contributed by atoms with Gasteiger partial charge in [0.2, 0.25) is 17.8 Å². The van der Waals surface area contributed by atoms with Gasteiger partial charge in [-0.1, -0.05) is 12.1 Å². The van der Waals surface area contributed by atoms with Gasteiger partial charge in [-0.15, -0.1) is 0 Å². The van der Waals surface area contributed by atoms with E-state index in [9.17, 15) is 4.39 Å². The molecule has 2 aliphatic rings. The van der Waals surface area contributed by atoms with Gasteiger partial charge in [0.15, 0.2) is 11.5 Å². The molecular formula is C29H36FN7O2. The first-order chi connectivity index (χ1) is 19.2. The molecule has 0 amide bonds. The third kappa shape index (κ3) is 7.34. The van der Waals surface area contributed by atoms with E-state index in [1.807, 2.05) is 25.1 Å². The van der Waals surface area contributed by atoms with E-state index >= 15 is 0 Å². The van der Waals surface area contributed by atoms with Crippen molar-refractivity contribution in [1.82, 2.24) is 15.0 Å². The Morgan fingerprint density at radius 3 is 2.08 bits per heavy atom. The summed E-state index contributed by atoms with van der Waals surface area (Å²) in [7, 11) is 0. The molecule has 0 spiro atoms. The summed E-state index contributed by atoms with van der Waals surface area (Å²) in [5, 5.41) is 4.42. The van der Waals surface area contributed by atoms with Crippen LogP contribution in [0.4, 0.5) is 22.2 Å². The maximum Gasteiger partial charge on any atom is 0.250 e. The molecule has 1 aromatic heterocycles. The predicted molar refractivity (Wildman–Crippen MR) is 152 cm³/mol. The summed E-state index contributed by atoms with van der Waals surface area (Å²) in [5.74, 6) is 2.82. The minimum absolute atomic E-state index is 0.270. The van der Waals surface area contributed by atoms with E-state index in [2.05, 4.69) is 30.3 Å². The summed E-state index contributed by atoms with van der Waals surface area (Å²) in [6.07, 6.45) is 8.80. The summed E-state index contributed by atoms with van der Waals surface area (Å²) in [4.78, 5) is 18.7. The number of nitrogens with one attached hydrogen (secondary N) is 1. The molecule has 2 aromatic carbocycles. The standard InChI is InChI=1S/C29H36FN7O2/c1-2-38-26-19-23(11-14-25(26)39-21-22-9-12-24(30)13-10-22)20-31-35-27-32-28(36-15-5-3-6-16-36)34-29(33-27)37-17-7-4-8-18-37/h9-14,19-20H,2-8,15-18,21H2,1H3,(H,32,33,34,35)/b31-20+. The zero-order chi connectivity index (χ0) is 26.9. The number of anilines is 3. The lowest BCUT2D eigenvalue weighted by Crippen LogP contribution is -2.34. The summed E-state index contributed by atoms with van der Waals surface area (Å²) >= 11 is 0. The summed E-state index contributed by atoms with van der Waals surface area (Å²) in [6, 6.07) is 11.9. The first kappa shape index (κ1) is 26.6. The molecule has 3 heterocycles. The highest BCUT2D eigenvalue weighted by Gasteiger charge is 2.20. The predicted octanol–water partition coefficient (Wildman–Crippen LogP) is 5.42. The summed E-state index contributed by atoms with van der Waals surface area (Å²) in [5.41, 5.74) is 4.73.